The molecule has 23 heavy (non-hydrogen) atoms. The molecule has 0 aromatic carbocycles. The van der Waals surface area contributed by atoms with Crippen LogP contribution in [0.2, 0.25) is 0 Å². The van der Waals surface area contributed by atoms with Gasteiger partial charge < -0.3 is 5.11 Å². The van der Waals surface area contributed by atoms with E-state index in [0.29, 0.717) is 5.92 Å². The lowest BCUT2D eigenvalue weighted by atomic mass is 9.73. The molecule has 0 spiro atoms. The van der Waals surface area contributed by atoms with E-state index < -0.39 is 0 Å². The van der Waals surface area contributed by atoms with E-state index in [4.69, 9.17) is 0 Å². The molecule has 1 saturated carbocycles. The minimum Gasteiger partial charge on any atom is -0.393 e. The summed E-state index contributed by atoms with van der Waals surface area (Å²) in [4.78, 5) is 0. The molecular weight excluding hydrogens is 395 g/mol. The number of hydrogen-bond acceptors (Lipinski definition) is 1. The van der Waals surface area contributed by atoms with E-state index in [9.17, 15) is 5.11 Å². The molecule has 0 amide bonds. The van der Waals surface area contributed by atoms with Gasteiger partial charge in [-0.2, -0.15) is 0 Å². The van der Waals surface area contributed by atoms with Crippen LogP contribution in [0.25, 0.3) is 0 Å². The van der Waals surface area contributed by atoms with E-state index in [1.807, 2.05) is 0 Å². The SMILES string of the molecule is CC[C@H](C)C(I)CCCC(O)[C@H](C)CCC1CC[C@@H](C)C(C)C1. The van der Waals surface area contributed by atoms with Crippen molar-refractivity contribution < 1.29 is 5.11 Å². The topological polar surface area (TPSA) is 20.2 Å². The number of aliphatic hydroxyl groups is 1. The number of rotatable bonds is 10. The van der Waals surface area contributed by atoms with Crippen molar-refractivity contribution in [3.8, 4) is 0 Å². The van der Waals surface area contributed by atoms with Crippen molar-refractivity contribution in [1.82, 2.24) is 0 Å². The summed E-state index contributed by atoms with van der Waals surface area (Å²) >= 11 is 2.60. The fourth-order valence-corrected chi connectivity index (χ4v) is 4.91. The first-order valence-corrected chi connectivity index (χ1v) is 11.4. The van der Waals surface area contributed by atoms with Crippen molar-refractivity contribution in [1.29, 1.82) is 0 Å². The van der Waals surface area contributed by atoms with Crippen LogP contribution in [0.4, 0.5) is 0 Å². The lowest BCUT2D eigenvalue weighted by molar-refractivity contribution is 0.0916. The minimum absolute atomic E-state index is 0.0875. The monoisotopic (exact) mass is 436 g/mol. The summed E-state index contributed by atoms with van der Waals surface area (Å²) < 4.78 is 0.769. The molecule has 1 nitrogen and oxygen atoms in total. The molecule has 4 unspecified atom stereocenters. The third kappa shape index (κ3) is 8.07. The van der Waals surface area contributed by atoms with Crippen molar-refractivity contribution in [3.05, 3.63) is 0 Å². The van der Waals surface area contributed by atoms with Crippen LogP contribution in [0.5, 0.6) is 0 Å². The fraction of sp³-hybridized carbons (Fsp3) is 1.00. The largest absolute Gasteiger partial charge is 0.393 e. The maximum Gasteiger partial charge on any atom is 0.0565 e. The van der Waals surface area contributed by atoms with E-state index in [-0.39, 0.29) is 6.10 Å². The normalized spacial score (nSPS) is 30.7. The van der Waals surface area contributed by atoms with Crippen molar-refractivity contribution in [3.63, 3.8) is 0 Å². The van der Waals surface area contributed by atoms with Crippen LogP contribution < -0.4 is 0 Å². The number of hydrogen-bond donors (Lipinski definition) is 1. The molecule has 1 aliphatic carbocycles. The average Bonchev–Trinajstić information content (AvgIpc) is 2.54. The predicted molar refractivity (Wildman–Crippen MR) is 111 cm³/mol. The third-order valence-corrected chi connectivity index (χ3v) is 8.49. The van der Waals surface area contributed by atoms with Gasteiger partial charge in [0.25, 0.3) is 0 Å². The number of halogens is 1. The second-order valence-corrected chi connectivity index (χ2v) is 10.2. The van der Waals surface area contributed by atoms with Crippen LogP contribution in [0.3, 0.4) is 0 Å². The van der Waals surface area contributed by atoms with E-state index in [1.165, 1.54) is 51.4 Å². The Hall–Kier alpha value is 0.690. The molecule has 1 fully saturated rings. The summed E-state index contributed by atoms with van der Waals surface area (Å²) in [7, 11) is 0. The van der Waals surface area contributed by atoms with Crippen molar-refractivity contribution in [2.24, 2.45) is 29.6 Å². The zero-order valence-electron chi connectivity index (χ0n) is 16.2. The number of aliphatic hydroxyl groups excluding tert-OH is 1. The van der Waals surface area contributed by atoms with E-state index in [2.05, 4.69) is 57.2 Å². The molecule has 138 valence electrons. The first-order valence-electron chi connectivity index (χ1n) is 10.2. The Morgan fingerprint density at radius 3 is 2.30 bits per heavy atom. The Balaban J connectivity index is 2.17. The van der Waals surface area contributed by atoms with Crippen LogP contribution in [-0.4, -0.2) is 15.1 Å². The Kier molecular flexibility index (Phi) is 10.7. The van der Waals surface area contributed by atoms with Crippen LogP contribution in [0, 0.1) is 29.6 Å². The van der Waals surface area contributed by atoms with Gasteiger partial charge in [-0.15, -0.1) is 0 Å². The number of alkyl halides is 1. The molecule has 0 bridgehead atoms. The third-order valence-electron chi connectivity index (χ3n) is 6.64. The maximum absolute atomic E-state index is 10.4. The first kappa shape index (κ1) is 21.7. The Labute approximate surface area is 159 Å². The van der Waals surface area contributed by atoms with Crippen LogP contribution >= 0.6 is 22.6 Å². The molecule has 1 rings (SSSR count). The first-order chi connectivity index (χ1) is 10.8. The highest BCUT2D eigenvalue weighted by Crippen LogP contribution is 2.36. The average molecular weight is 436 g/mol. The fourth-order valence-electron chi connectivity index (χ4n) is 3.96. The Morgan fingerprint density at radius 1 is 1.00 bits per heavy atom. The summed E-state index contributed by atoms with van der Waals surface area (Å²) in [6.45, 7) is 11.7. The van der Waals surface area contributed by atoms with Crippen LogP contribution in [0.1, 0.15) is 92.4 Å². The molecule has 7 atom stereocenters. The van der Waals surface area contributed by atoms with E-state index in [0.717, 1.165) is 34.0 Å². The molecule has 2 heteroatoms. The zero-order valence-corrected chi connectivity index (χ0v) is 18.4. The molecule has 0 aromatic rings. The Morgan fingerprint density at radius 2 is 1.70 bits per heavy atom. The molecule has 1 aliphatic rings. The summed E-state index contributed by atoms with van der Waals surface area (Å²) in [5, 5.41) is 10.4. The van der Waals surface area contributed by atoms with Gasteiger partial charge in [-0.05, 0) is 61.7 Å². The lowest BCUT2D eigenvalue weighted by Gasteiger charge is -2.33. The molecule has 0 heterocycles. The molecule has 0 aromatic heterocycles. The van der Waals surface area contributed by atoms with Crippen LogP contribution in [-0.2, 0) is 0 Å². The zero-order chi connectivity index (χ0) is 17.4. The summed E-state index contributed by atoms with van der Waals surface area (Å²) in [6, 6.07) is 0. The van der Waals surface area contributed by atoms with Gasteiger partial charge in [-0.25, -0.2) is 0 Å². The van der Waals surface area contributed by atoms with Gasteiger partial charge in [-0.3, -0.25) is 0 Å². The second kappa shape index (κ2) is 11.3. The summed E-state index contributed by atoms with van der Waals surface area (Å²) in [5.74, 6) is 4.01. The molecular formula is C21H41IO. The van der Waals surface area contributed by atoms with Gasteiger partial charge in [0.05, 0.1) is 6.10 Å². The van der Waals surface area contributed by atoms with Crippen LogP contribution in [0.15, 0.2) is 0 Å². The van der Waals surface area contributed by atoms with E-state index in [1.54, 1.807) is 0 Å². The molecule has 1 N–H and O–H groups in total. The van der Waals surface area contributed by atoms with Gasteiger partial charge in [0.1, 0.15) is 0 Å². The van der Waals surface area contributed by atoms with E-state index >= 15 is 0 Å². The van der Waals surface area contributed by atoms with Crippen molar-refractivity contribution in [2.45, 2.75) is 102 Å². The van der Waals surface area contributed by atoms with Gasteiger partial charge in [0.2, 0.25) is 0 Å². The quantitative estimate of drug-likeness (QED) is 0.293. The summed E-state index contributed by atoms with van der Waals surface area (Å²) in [5.41, 5.74) is 0. The second-order valence-electron chi connectivity index (χ2n) is 8.59. The van der Waals surface area contributed by atoms with Crippen molar-refractivity contribution >= 4 is 22.6 Å². The van der Waals surface area contributed by atoms with Gasteiger partial charge in [0.15, 0.2) is 0 Å². The predicted octanol–water partition coefficient (Wildman–Crippen LogP) is 6.86. The standard InChI is InChI=1S/C21H41IO/c1-6-15(2)20(22)8-7-9-21(23)17(4)11-13-19-12-10-16(3)18(5)14-19/h15-21,23H,6-14H2,1-5H3/t15-,16+,17+,18?,19?,20?,21?/m0/s1. The highest BCUT2D eigenvalue weighted by Gasteiger charge is 2.25. The lowest BCUT2D eigenvalue weighted by Crippen LogP contribution is -2.23. The van der Waals surface area contributed by atoms with Gasteiger partial charge >= 0.3 is 0 Å². The molecule has 0 radical (unpaired) electrons. The van der Waals surface area contributed by atoms with Gasteiger partial charge in [-0.1, -0.05) is 82.9 Å². The van der Waals surface area contributed by atoms with Gasteiger partial charge in [0, 0.05) is 3.92 Å². The van der Waals surface area contributed by atoms with Crippen molar-refractivity contribution in [2.75, 3.05) is 0 Å². The molecule has 0 saturated heterocycles. The smallest absolute Gasteiger partial charge is 0.0565 e. The Bertz CT molecular complexity index is 306. The minimum atomic E-state index is -0.0875. The summed E-state index contributed by atoms with van der Waals surface area (Å²) in [6.07, 6.45) is 11.4. The maximum atomic E-state index is 10.4. The molecule has 0 aliphatic heterocycles. The highest BCUT2D eigenvalue weighted by atomic mass is 127. The highest BCUT2D eigenvalue weighted by molar-refractivity contribution is 14.1.